The smallest absolute Gasteiger partial charge is 0.243 e. The Labute approximate surface area is 116 Å². The predicted molar refractivity (Wildman–Crippen MR) is 70.0 cm³/mol. The average molecular weight is 308 g/mol. The summed E-state index contributed by atoms with van der Waals surface area (Å²) in [6, 6.07) is 3.40. The van der Waals surface area contributed by atoms with Crippen LogP contribution < -0.4 is 0 Å². The van der Waals surface area contributed by atoms with Crippen molar-refractivity contribution >= 4 is 21.6 Å². The molecule has 0 aliphatic carbocycles. The summed E-state index contributed by atoms with van der Waals surface area (Å²) in [4.78, 5) is 0.00125. The van der Waals surface area contributed by atoms with E-state index in [1.165, 1.54) is 10.4 Å². The molecule has 1 aromatic rings. The van der Waals surface area contributed by atoms with Crippen LogP contribution in [0, 0.1) is 11.7 Å². The van der Waals surface area contributed by atoms with E-state index in [-0.39, 0.29) is 22.4 Å². The van der Waals surface area contributed by atoms with Gasteiger partial charge in [-0.05, 0) is 37.0 Å². The van der Waals surface area contributed by atoms with Gasteiger partial charge in [-0.15, -0.1) is 0 Å². The van der Waals surface area contributed by atoms with Crippen LogP contribution in [-0.4, -0.2) is 37.5 Å². The van der Waals surface area contributed by atoms with Crippen molar-refractivity contribution in [2.45, 2.75) is 17.7 Å². The number of benzene rings is 1. The number of sulfonamides is 1. The highest BCUT2D eigenvalue weighted by Crippen LogP contribution is 2.26. The molecule has 0 unspecified atom stereocenters. The van der Waals surface area contributed by atoms with E-state index in [4.69, 9.17) is 16.7 Å². The van der Waals surface area contributed by atoms with Crippen LogP contribution in [0.25, 0.3) is 0 Å². The first-order valence-electron chi connectivity index (χ1n) is 6.01. The fourth-order valence-corrected chi connectivity index (χ4v) is 3.86. The Morgan fingerprint density at radius 2 is 2.00 bits per heavy atom. The largest absolute Gasteiger partial charge is 0.396 e. The highest BCUT2D eigenvalue weighted by atomic mass is 35.5. The highest BCUT2D eigenvalue weighted by molar-refractivity contribution is 7.89. The van der Waals surface area contributed by atoms with Crippen LogP contribution in [0.4, 0.5) is 4.39 Å². The Balaban J connectivity index is 2.21. The number of halogens is 2. The van der Waals surface area contributed by atoms with Gasteiger partial charge in [0.15, 0.2) is 0 Å². The van der Waals surface area contributed by atoms with Crippen LogP contribution in [0.15, 0.2) is 23.1 Å². The van der Waals surface area contributed by atoms with Gasteiger partial charge in [0.05, 0.1) is 9.92 Å². The molecule has 1 aliphatic heterocycles. The van der Waals surface area contributed by atoms with Crippen molar-refractivity contribution in [1.82, 2.24) is 4.31 Å². The van der Waals surface area contributed by atoms with Crippen LogP contribution in [0.2, 0.25) is 5.02 Å². The Morgan fingerprint density at radius 3 is 2.53 bits per heavy atom. The number of rotatable bonds is 3. The third-order valence-corrected chi connectivity index (χ3v) is 5.54. The van der Waals surface area contributed by atoms with Crippen molar-refractivity contribution in [3.05, 3.63) is 29.0 Å². The standard InChI is InChI=1S/C12H15ClFNO3S/c13-11-7-10(1-2-12(11)14)19(17,18)15-5-3-9(8-16)4-6-15/h1-2,7,9,16H,3-6,8H2. The predicted octanol–water partition coefficient (Wildman–Crippen LogP) is 1.87. The topological polar surface area (TPSA) is 57.6 Å². The van der Waals surface area contributed by atoms with E-state index in [1.807, 2.05) is 0 Å². The van der Waals surface area contributed by atoms with Gasteiger partial charge in [0.25, 0.3) is 0 Å². The summed E-state index contributed by atoms with van der Waals surface area (Å²) in [6.07, 6.45) is 1.26. The summed E-state index contributed by atoms with van der Waals surface area (Å²) in [5.41, 5.74) is 0. The van der Waals surface area contributed by atoms with Crippen LogP contribution in [-0.2, 0) is 10.0 Å². The second-order valence-electron chi connectivity index (χ2n) is 4.61. The third kappa shape index (κ3) is 3.08. The lowest BCUT2D eigenvalue weighted by atomic mass is 10.00. The van der Waals surface area contributed by atoms with Crippen LogP contribution in [0.1, 0.15) is 12.8 Å². The molecule has 1 N–H and O–H groups in total. The van der Waals surface area contributed by atoms with Crippen molar-refractivity contribution in [2.24, 2.45) is 5.92 Å². The molecule has 0 spiro atoms. The first-order chi connectivity index (χ1) is 8.95. The molecule has 106 valence electrons. The van der Waals surface area contributed by atoms with E-state index < -0.39 is 15.8 Å². The zero-order chi connectivity index (χ0) is 14.0. The number of hydrogen-bond donors (Lipinski definition) is 1. The minimum atomic E-state index is -3.63. The lowest BCUT2D eigenvalue weighted by Gasteiger charge is -2.30. The number of aliphatic hydroxyl groups is 1. The zero-order valence-corrected chi connectivity index (χ0v) is 11.8. The van der Waals surface area contributed by atoms with Gasteiger partial charge in [-0.25, -0.2) is 12.8 Å². The Kier molecular flexibility index (Phi) is 4.45. The normalized spacial score (nSPS) is 18.7. The molecule has 19 heavy (non-hydrogen) atoms. The van der Waals surface area contributed by atoms with Crippen LogP contribution in [0.3, 0.4) is 0 Å². The number of piperidine rings is 1. The number of nitrogens with zero attached hydrogens (tertiary/aromatic N) is 1. The molecule has 0 saturated carbocycles. The van der Waals surface area contributed by atoms with Gasteiger partial charge >= 0.3 is 0 Å². The molecule has 1 heterocycles. The van der Waals surface area contributed by atoms with Gasteiger partial charge in [-0.3, -0.25) is 0 Å². The van der Waals surface area contributed by atoms with Crippen molar-refractivity contribution < 1.29 is 17.9 Å². The lowest BCUT2D eigenvalue weighted by molar-refractivity contribution is 0.170. The molecule has 7 heteroatoms. The molecular weight excluding hydrogens is 293 g/mol. The second kappa shape index (κ2) is 5.75. The summed E-state index contributed by atoms with van der Waals surface area (Å²) in [5, 5.41) is 8.83. The van der Waals surface area contributed by atoms with Crippen molar-refractivity contribution in [3.63, 3.8) is 0 Å². The van der Waals surface area contributed by atoms with Gasteiger partial charge in [-0.1, -0.05) is 11.6 Å². The van der Waals surface area contributed by atoms with E-state index in [1.54, 1.807) is 0 Å². The highest BCUT2D eigenvalue weighted by Gasteiger charge is 2.29. The van der Waals surface area contributed by atoms with E-state index in [2.05, 4.69) is 0 Å². The monoisotopic (exact) mass is 307 g/mol. The second-order valence-corrected chi connectivity index (χ2v) is 6.95. The maximum absolute atomic E-state index is 13.1. The van der Waals surface area contributed by atoms with Gasteiger partial charge in [0.2, 0.25) is 10.0 Å². The zero-order valence-electron chi connectivity index (χ0n) is 10.2. The Bertz CT molecular complexity index is 556. The van der Waals surface area contributed by atoms with Crippen molar-refractivity contribution in [1.29, 1.82) is 0 Å². The summed E-state index contributed by atoms with van der Waals surface area (Å²) in [6.45, 7) is 0.807. The molecule has 1 fully saturated rings. The van der Waals surface area contributed by atoms with Gasteiger partial charge in [0, 0.05) is 19.7 Å². The fourth-order valence-electron chi connectivity index (χ4n) is 2.12. The molecule has 0 amide bonds. The maximum Gasteiger partial charge on any atom is 0.243 e. The van der Waals surface area contributed by atoms with E-state index >= 15 is 0 Å². The molecule has 2 rings (SSSR count). The summed E-state index contributed by atoms with van der Waals surface area (Å²) in [5.74, 6) is -0.483. The molecule has 4 nitrogen and oxygen atoms in total. The SMILES string of the molecule is O=S(=O)(c1ccc(F)c(Cl)c1)N1CCC(CO)CC1. The molecule has 0 atom stereocenters. The Morgan fingerprint density at radius 1 is 1.37 bits per heavy atom. The molecule has 1 aliphatic rings. The molecule has 1 aromatic carbocycles. The first-order valence-corrected chi connectivity index (χ1v) is 7.83. The lowest BCUT2D eigenvalue weighted by Crippen LogP contribution is -2.39. The average Bonchev–Trinajstić information content (AvgIpc) is 2.41. The number of hydrogen-bond acceptors (Lipinski definition) is 3. The quantitative estimate of drug-likeness (QED) is 0.927. The summed E-state index contributed by atoms with van der Waals surface area (Å²) in [7, 11) is -3.63. The molecule has 0 radical (unpaired) electrons. The molecule has 0 bridgehead atoms. The summed E-state index contributed by atoms with van der Waals surface area (Å²) >= 11 is 5.61. The van der Waals surface area contributed by atoms with Gasteiger partial charge in [-0.2, -0.15) is 4.31 Å². The minimum Gasteiger partial charge on any atom is -0.396 e. The van der Waals surface area contributed by atoms with Crippen LogP contribution >= 0.6 is 11.6 Å². The van der Waals surface area contributed by atoms with Crippen molar-refractivity contribution in [3.8, 4) is 0 Å². The van der Waals surface area contributed by atoms with E-state index in [9.17, 15) is 12.8 Å². The van der Waals surface area contributed by atoms with Crippen LogP contribution in [0.5, 0.6) is 0 Å². The third-order valence-electron chi connectivity index (χ3n) is 3.36. The fraction of sp³-hybridized carbons (Fsp3) is 0.500. The van der Waals surface area contributed by atoms with E-state index in [0.717, 1.165) is 12.1 Å². The number of aliphatic hydroxyl groups excluding tert-OH is 1. The van der Waals surface area contributed by atoms with Gasteiger partial charge < -0.3 is 5.11 Å². The maximum atomic E-state index is 13.1. The van der Waals surface area contributed by atoms with E-state index in [0.29, 0.717) is 25.9 Å². The Hall–Kier alpha value is -0.690. The summed E-state index contributed by atoms with van der Waals surface area (Å²) < 4.78 is 39.1. The molecule has 0 aromatic heterocycles. The minimum absolute atomic E-state index is 0.00125. The molecule has 1 saturated heterocycles. The van der Waals surface area contributed by atoms with Crippen molar-refractivity contribution in [2.75, 3.05) is 19.7 Å². The molecular formula is C12H15ClFNO3S. The van der Waals surface area contributed by atoms with Gasteiger partial charge in [0.1, 0.15) is 5.82 Å². The first kappa shape index (κ1) is 14.7.